The number of nitrogens with zero attached hydrogens (tertiary/aromatic N) is 7. The summed E-state index contributed by atoms with van der Waals surface area (Å²) in [6.45, 7) is 2.00. The molecule has 0 aliphatic carbocycles. The molecule has 0 atom stereocenters. The van der Waals surface area contributed by atoms with Gasteiger partial charge in [0.15, 0.2) is 0 Å². The van der Waals surface area contributed by atoms with E-state index in [-0.39, 0.29) is 11.7 Å². The number of aromatic nitrogens is 6. The van der Waals surface area contributed by atoms with Gasteiger partial charge in [-0.25, -0.2) is 14.6 Å². The van der Waals surface area contributed by atoms with E-state index in [0.717, 1.165) is 17.0 Å². The highest BCUT2D eigenvalue weighted by atomic mass is 16.1. The number of rotatable bonds is 7. The number of nitrogens with two attached hydrogens (primary N) is 1. The van der Waals surface area contributed by atoms with Gasteiger partial charge in [0.2, 0.25) is 5.95 Å². The van der Waals surface area contributed by atoms with Crippen LogP contribution in [0.5, 0.6) is 0 Å². The van der Waals surface area contributed by atoms with Crippen LogP contribution in [-0.2, 0) is 17.8 Å². The number of carbonyl (C=O) groups is 1. The van der Waals surface area contributed by atoms with E-state index in [1.165, 1.54) is 0 Å². The second-order valence-electron chi connectivity index (χ2n) is 7.31. The van der Waals surface area contributed by atoms with E-state index in [1.807, 2.05) is 24.3 Å². The lowest BCUT2D eigenvalue weighted by Crippen LogP contribution is -2.05. The average molecular weight is 424 g/mol. The minimum absolute atomic E-state index is 0.106. The first-order chi connectivity index (χ1) is 15.5. The Morgan fingerprint density at radius 1 is 1.03 bits per heavy atom. The molecule has 0 aliphatic heterocycles. The lowest BCUT2D eigenvalue weighted by atomic mass is 10.1. The van der Waals surface area contributed by atoms with Gasteiger partial charge in [0.05, 0.1) is 41.5 Å². The van der Waals surface area contributed by atoms with E-state index in [9.17, 15) is 4.79 Å². The third kappa shape index (κ3) is 4.99. The second kappa shape index (κ2) is 9.14. The SMILES string of the molecule is CC(=O)CCc1cccc(Cn2cc(-c3cc(-c4cccc(C#N)c4)nc(N)n3)nn2)n1. The number of nitrogen functional groups attached to an aromatic ring is 1. The molecule has 0 saturated heterocycles. The van der Waals surface area contributed by atoms with Crippen molar-refractivity contribution in [1.82, 2.24) is 29.9 Å². The summed E-state index contributed by atoms with van der Waals surface area (Å²) in [5.74, 6) is 0.246. The summed E-state index contributed by atoms with van der Waals surface area (Å²) < 4.78 is 1.67. The van der Waals surface area contributed by atoms with Crippen LogP contribution in [0.2, 0.25) is 0 Å². The fraction of sp³-hybridized carbons (Fsp3) is 0.174. The number of aryl methyl sites for hydroxylation is 1. The molecule has 3 aromatic heterocycles. The van der Waals surface area contributed by atoms with Gasteiger partial charge in [-0.2, -0.15) is 5.26 Å². The Morgan fingerprint density at radius 2 is 1.81 bits per heavy atom. The van der Waals surface area contributed by atoms with Crippen LogP contribution in [0.3, 0.4) is 0 Å². The van der Waals surface area contributed by atoms with Gasteiger partial charge in [-0.3, -0.25) is 4.98 Å². The Kier molecular flexibility index (Phi) is 5.94. The zero-order chi connectivity index (χ0) is 22.5. The van der Waals surface area contributed by atoms with Crippen LogP contribution in [-0.4, -0.2) is 35.7 Å². The van der Waals surface area contributed by atoms with Crippen molar-refractivity contribution in [2.75, 3.05) is 5.73 Å². The molecule has 3 heterocycles. The molecule has 158 valence electrons. The third-order valence-corrected chi connectivity index (χ3v) is 4.75. The zero-order valence-corrected chi connectivity index (χ0v) is 17.4. The molecule has 0 amide bonds. The van der Waals surface area contributed by atoms with Crippen LogP contribution in [0.1, 0.15) is 30.3 Å². The van der Waals surface area contributed by atoms with Crippen molar-refractivity contribution in [2.45, 2.75) is 26.3 Å². The molecule has 0 spiro atoms. The Hall–Kier alpha value is -4.45. The summed E-state index contributed by atoms with van der Waals surface area (Å²) in [6.07, 6.45) is 2.85. The summed E-state index contributed by atoms with van der Waals surface area (Å²) >= 11 is 0. The smallest absolute Gasteiger partial charge is 0.221 e. The Bertz CT molecular complexity index is 1320. The lowest BCUT2D eigenvalue weighted by molar-refractivity contribution is -0.117. The largest absolute Gasteiger partial charge is 0.368 e. The fourth-order valence-electron chi connectivity index (χ4n) is 3.21. The summed E-state index contributed by atoms with van der Waals surface area (Å²) in [4.78, 5) is 24.4. The number of nitriles is 1. The molecule has 9 heteroatoms. The number of pyridine rings is 1. The number of Topliss-reactive ketones (excluding diaryl/α,β-unsaturated/α-hetero) is 1. The maximum atomic E-state index is 11.2. The van der Waals surface area contributed by atoms with Crippen LogP contribution in [0.4, 0.5) is 5.95 Å². The van der Waals surface area contributed by atoms with Gasteiger partial charge in [0, 0.05) is 17.7 Å². The zero-order valence-electron chi connectivity index (χ0n) is 17.4. The number of hydrogen-bond donors (Lipinski definition) is 1. The Labute approximate surface area is 184 Å². The molecule has 32 heavy (non-hydrogen) atoms. The fourth-order valence-corrected chi connectivity index (χ4v) is 3.21. The molecule has 0 fully saturated rings. The molecular weight excluding hydrogens is 404 g/mol. The normalized spacial score (nSPS) is 10.6. The van der Waals surface area contributed by atoms with E-state index < -0.39 is 0 Å². The van der Waals surface area contributed by atoms with Crippen molar-refractivity contribution in [3.63, 3.8) is 0 Å². The molecule has 9 nitrogen and oxygen atoms in total. The third-order valence-electron chi connectivity index (χ3n) is 4.75. The van der Waals surface area contributed by atoms with Crippen molar-refractivity contribution >= 4 is 11.7 Å². The number of anilines is 1. The Morgan fingerprint density at radius 3 is 2.62 bits per heavy atom. The van der Waals surface area contributed by atoms with Crippen LogP contribution >= 0.6 is 0 Å². The van der Waals surface area contributed by atoms with Crippen molar-refractivity contribution < 1.29 is 4.79 Å². The van der Waals surface area contributed by atoms with Gasteiger partial charge >= 0.3 is 0 Å². The first-order valence-corrected chi connectivity index (χ1v) is 10.00. The van der Waals surface area contributed by atoms with Crippen LogP contribution < -0.4 is 5.73 Å². The van der Waals surface area contributed by atoms with E-state index in [1.54, 1.807) is 42.1 Å². The number of ketones is 1. The summed E-state index contributed by atoms with van der Waals surface area (Å²) in [7, 11) is 0. The van der Waals surface area contributed by atoms with Crippen LogP contribution in [0.15, 0.2) is 54.7 Å². The molecule has 0 bridgehead atoms. The first kappa shape index (κ1) is 20.8. The van der Waals surface area contributed by atoms with E-state index >= 15 is 0 Å². The van der Waals surface area contributed by atoms with Crippen LogP contribution in [0.25, 0.3) is 22.6 Å². The predicted molar refractivity (Wildman–Crippen MR) is 118 cm³/mol. The molecule has 1 aromatic carbocycles. The molecular formula is C23H20N8O. The van der Waals surface area contributed by atoms with Gasteiger partial charge in [-0.1, -0.05) is 23.4 Å². The average Bonchev–Trinajstić information content (AvgIpc) is 3.26. The molecule has 0 saturated carbocycles. The summed E-state index contributed by atoms with van der Waals surface area (Å²) in [5, 5.41) is 17.5. The van der Waals surface area contributed by atoms with Gasteiger partial charge in [-0.05, 0) is 43.7 Å². The second-order valence-corrected chi connectivity index (χ2v) is 7.31. The molecule has 4 rings (SSSR count). The molecule has 0 radical (unpaired) electrons. The maximum absolute atomic E-state index is 11.2. The summed E-state index contributed by atoms with van der Waals surface area (Å²) in [5.41, 5.74) is 10.6. The number of carbonyl (C=O) groups excluding carboxylic acids is 1. The van der Waals surface area contributed by atoms with Crippen molar-refractivity contribution in [3.05, 3.63) is 71.7 Å². The predicted octanol–water partition coefficient (Wildman–Crippen LogP) is 2.82. The first-order valence-electron chi connectivity index (χ1n) is 10.00. The van der Waals surface area contributed by atoms with Crippen molar-refractivity contribution in [3.8, 4) is 28.7 Å². The van der Waals surface area contributed by atoms with E-state index in [0.29, 0.717) is 42.0 Å². The monoisotopic (exact) mass is 424 g/mol. The lowest BCUT2D eigenvalue weighted by Gasteiger charge is -2.05. The highest BCUT2D eigenvalue weighted by Gasteiger charge is 2.12. The molecule has 0 unspecified atom stereocenters. The quantitative estimate of drug-likeness (QED) is 0.478. The van der Waals surface area contributed by atoms with Gasteiger partial charge in [-0.15, -0.1) is 5.10 Å². The van der Waals surface area contributed by atoms with Gasteiger partial charge in [0.1, 0.15) is 11.5 Å². The highest BCUT2D eigenvalue weighted by Crippen LogP contribution is 2.24. The number of benzene rings is 1. The minimum atomic E-state index is 0.106. The maximum Gasteiger partial charge on any atom is 0.221 e. The van der Waals surface area contributed by atoms with E-state index in [2.05, 4.69) is 31.3 Å². The summed E-state index contributed by atoms with van der Waals surface area (Å²) in [6, 6.07) is 16.7. The number of hydrogen-bond acceptors (Lipinski definition) is 8. The minimum Gasteiger partial charge on any atom is -0.368 e. The Balaban J connectivity index is 1.56. The van der Waals surface area contributed by atoms with Crippen LogP contribution in [0, 0.1) is 11.3 Å². The topological polar surface area (TPSA) is 136 Å². The molecule has 2 N–H and O–H groups in total. The van der Waals surface area contributed by atoms with Gasteiger partial charge in [0.25, 0.3) is 0 Å². The van der Waals surface area contributed by atoms with E-state index in [4.69, 9.17) is 11.0 Å². The van der Waals surface area contributed by atoms with Crippen molar-refractivity contribution in [1.29, 1.82) is 5.26 Å². The standard InChI is InChI=1S/C23H20N8O/c1-15(32)8-9-18-6-3-7-19(26-18)13-31-14-22(29-30-31)21-11-20(27-23(25)28-21)17-5-2-4-16(10-17)12-24/h2-7,10-11,14H,8-9,13H2,1H3,(H2,25,27,28). The van der Waals surface area contributed by atoms with Crippen molar-refractivity contribution in [2.24, 2.45) is 0 Å². The highest BCUT2D eigenvalue weighted by molar-refractivity contribution is 5.75. The van der Waals surface area contributed by atoms with Gasteiger partial charge < -0.3 is 10.5 Å². The molecule has 4 aromatic rings. The molecule has 0 aliphatic rings.